The Hall–Kier alpha value is -2.85. The van der Waals surface area contributed by atoms with Crippen LogP contribution in [0.3, 0.4) is 0 Å². The fraction of sp³-hybridized carbons (Fsp3) is 0.259. The van der Waals surface area contributed by atoms with Crippen LogP contribution in [0.15, 0.2) is 78.9 Å². The maximum Gasteiger partial charge on any atom is 0.357 e. The summed E-state index contributed by atoms with van der Waals surface area (Å²) in [6.07, 6.45) is -0.670. The van der Waals surface area contributed by atoms with Gasteiger partial charge in [-0.15, -0.1) is 0 Å². The third-order valence-electron chi connectivity index (χ3n) is 5.31. The molecule has 0 amide bonds. The summed E-state index contributed by atoms with van der Waals surface area (Å²) in [5.41, 5.74) is 1.22. The van der Waals surface area contributed by atoms with E-state index >= 15 is 0 Å². The minimum atomic E-state index is -3.77. The van der Waals surface area contributed by atoms with Crippen LogP contribution >= 0.6 is 7.60 Å². The van der Waals surface area contributed by atoms with Crippen LogP contribution in [0.1, 0.15) is 39.0 Å². The fourth-order valence-corrected chi connectivity index (χ4v) is 6.32. The average Bonchev–Trinajstić information content (AvgIpc) is 2.77. The lowest BCUT2D eigenvalue weighted by Gasteiger charge is -2.32. The Morgan fingerprint density at radius 2 is 1.33 bits per heavy atom. The van der Waals surface area contributed by atoms with Crippen molar-refractivity contribution in [1.82, 2.24) is 0 Å². The van der Waals surface area contributed by atoms with Crippen LogP contribution in [-0.2, 0) is 13.6 Å². The highest BCUT2D eigenvalue weighted by molar-refractivity contribution is 7.54. The van der Waals surface area contributed by atoms with E-state index in [0.717, 1.165) is 21.8 Å². The number of benzene rings is 4. The Morgan fingerprint density at radius 1 is 0.758 bits per heavy atom. The Kier molecular flexibility index (Phi) is 6.76. The summed E-state index contributed by atoms with van der Waals surface area (Å²) < 4.78 is 26.2. The van der Waals surface area contributed by atoms with Crippen LogP contribution in [0.4, 0.5) is 5.69 Å². The molecule has 0 bridgehead atoms. The van der Waals surface area contributed by atoms with Gasteiger partial charge in [0.1, 0.15) is 5.75 Å². The highest BCUT2D eigenvalue weighted by Crippen LogP contribution is 2.63. The van der Waals surface area contributed by atoms with Gasteiger partial charge in [0.2, 0.25) is 0 Å². The first-order valence-electron chi connectivity index (χ1n) is 11.2. The van der Waals surface area contributed by atoms with E-state index in [4.69, 9.17) is 9.05 Å². The van der Waals surface area contributed by atoms with Crippen molar-refractivity contribution in [2.45, 2.75) is 45.7 Å². The Bertz CT molecular complexity index is 1300. The normalized spacial score (nSPS) is 13.2. The number of aromatic hydroxyl groups is 1. The molecule has 33 heavy (non-hydrogen) atoms. The number of rotatable bonds is 8. The maximum atomic E-state index is 14.3. The molecule has 0 heterocycles. The molecule has 4 aromatic carbocycles. The highest BCUT2D eigenvalue weighted by atomic mass is 31.2. The third kappa shape index (κ3) is 5.06. The molecular weight excluding hydrogens is 433 g/mol. The van der Waals surface area contributed by atoms with Crippen molar-refractivity contribution < 1.29 is 18.7 Å². The molecule has 4 aromatic rings. The molecule has 0 radical (unpaired) electrons. The third-order valence-corrected chi connectivity index (χ3v) is 7.78. The smallest absolute Gasteiger partial charge is 0.357 e. The summed E-state index contributed by atoms with van der Waals surface area (Å²) >= 11 is 0. The molecule has 1 atom stereocenters. The second-order valence-electron chi connectivity index (χ2n) is 8.68. The zero-order valence-corrected chi connectivity index (χ0v) is 20.3. The maximum absolute atomic E-state index is 14.3. The minimum Gasteiger partial charge on any atom is -0.507 e. The van der Waals surface area contributed by atoms with Crippen molar-refractivity contribution in [2.75, 3.05) is 5.32 Å². The van der Waals surface area contributed by atoms with Gasteiger partial charge < -0.3 is 19.5 Å². The molecule has 0 aliphatic carbocycles. The van der Waals surface area contributed by atoms with Crippen LogP contribution in [0, 0.1) is 0 Å². The Balaban J connectivity index is 1.87. The number of nitrogens with one attached hydrogen (secondary N) is 1. The molecule has 0 fully saturated rings. The van der Waals surface area contributed by atoms with E-state index in [0.29, 0.717) is 10.9 Å². The standard InChI is InChI=1S/C27H30NO4P/c1-18(2)31-33(30,32-19(3)4)27(25-16-14-21-10-7-8-12-24(21)26(25)29)28-23-15-13-20-9-5-6-11-22(20)17-23/h5-19,27-29H,1-4H3/t27-/m0/s1. The van der Waals surface area contributed by atoms with Gasteiger partial charge in [-0.1, -0.05) is 66.7 Å². The Morgan fingerprint density at radius 3 is 2.00 bits per heavy atom. The second kappa shape index (κ2) is 9.56. The van der Waals surface area contributed by atoms with E-state index in [1.165, 1.54) is 0 Å². The topological polar surface area (TPSA) is 67.8 Å². The predicted molar refractivity (Wildman–Crippen MR) is 136 cm³/mol. The molecule has 0 aromatic heterocycles. The van der Waals surface area contributed by atoms with Crippen molar-refractivity contribution in [3.05, 3.63) is 84.4 Å². The molecule has 0 saturated carbocycles. The van der Waals surface area contributed by atoms with Crippen molar-refractivity contribution in [2.24, 2.45) is 0 Å². The lowest BCUT2D eigenvalue weighted by atomic mass is 10.0. The van der Waals surface area contributed by atoms with Gasteiger partial charge in [-0.05, 0) is 56.0 Å². The van der Waals surface area contributed by atoms with Crippen LogP contribution in [0.5, 0.6) is 5.75 Å². The molecule has 0 aliphatic heterocycles. The van der Waals surface area contributed by atoms with Gasteiger partial charge in [0, 0.05) is 16.6 Å². The van der Waals surface area contributed by atoms with E-state index in [2.05, 4.69) is 5.32 Å². The van der Waals surface area contributed by atoms with Crippen LogP contribution in [-0.4, -0.2) is 17.3 Å². The largest absolute Gasteiger partial charge is 0.507 e. The van der Waals surface area contributed by atoms with Crippen molar-refractivity contribution in [3.63, 3.8) is 0 Å². The molecule has 172 valence electrons. The number of fused-ring (bicyclic) bond motifs is 2. The van der Waals surface area contributed by atoms with Gasteiger partial charge in [0.05, 0.1) is 12.2 Å². The SMILES string of the molecule is CC(C)OP(=O)(OC(C)C)[C@H](Nc1ccc2ccccc2c1)c1ccc2ccccc2c1O. The number of phenolic OH excluding ortho intramolecular Hbond substituents is 1. The molecule has 4 rings (SSSR count). The monoisotopic (exact) mass is 463 g/mol. The molecular formula is C27H30NO4P. The summed E-state index contributed by atoms with van der Waals surface area (Å²) in [6.45, 7) is 7.29. The molecule has 6 heteroatoms. The summed E-state index contributed by atoms with van der Waals surface area (Å²) in [6, 6.07) is 25.2. The van der Waals surface area contributed by atoms with Gasteiger partial charge in [-0.3, -0.25) is 4.57 Å². The van der Waals surface area contributed by atoms with Crippen molar-refractivity contribution in [1.29, 1.82) is 0 Å². The molecule has 0 spiro atoms. The molecule has 0 aliphatic rings. The zero-order chi connectivity index (χ0) is 23.6. The summed E-state index contributed by atoms with van der Waals surface area (Å²) in [5, 5.41) is 18.3. The first-order chi connectivity index (χ1) is 15.8. The lowest BCUT2D eigenvalue weighted by Crippen LogP contribution is -2.19. The summed E-state index contributed by atoms with van der Waals surface area (Å²) in [7, 11) is -3.77. The van der Waals surface area contributed by atoms with Gasteiger partial charge >= 0.3 is 7.60 Å². The van der Waals surface area contributed by atoms with E-state index in [-0.39, 0.29) is 18.0 Å². The van der Waals surface area contributed by atoms with Gasteiger partial charge in [-0.25, -0.2) is 0 Å². The molecule has 5 nitrogen and oxygen atoms in total. The fourth-order valence-electron chi connectivity index (χ4n) is 3.99. The second-order valence-corrected chi connectivity index (χ2v) is 10.7. The number of hydrogen-bond acceptors (Lipinski definition) is 5. The van der Waals surface area contributed by atoms with E-state index < -0.39 is 13.4 Å². The van der Waals surface area contributed by atoms with E-state index in [9.17, 15) is 9.67 Å². The van der Waals surface area contributed by atoms with E-state index in [1.54, 1.807) is 6.07 Å². The highest BCUT2D eigenvalue weighted by Gasteiger charge is 2.41. The van der Waals surface area contributed by atoms with Crippen molar-refractivity contribution in [3.8, 4) is 5.75 Å². The Labute approximate surface area is 194 Å². The summed E-state index contributed by atoms with van der Waals surface area (Å²) in [4.78, 5) is 0. The molecule has 2 N–H and O–H groups in total. The van der Waals surface area contributed by atoms with Crippen LogP contribution in [0.2, 0.25) is 0 Å². The van der Waals surface area contributed by atoms with Crippen molar-refractivity contribution >= 4 is 34.8 Å². The van der Waals surface area contributed by atoms with E-state index in [1.807, 2.05) is 100 Å². The number of anilines is 1. The number of phenols is 1. The van der Waals surface area contributed by atoms with Crippen LogP contribution < -0.4 is 5.32 Å². The quantitative estimate of drug-likeness (QED) is 0.260. The lowest BCUT2D eigenvalue weighted by molar-refractivity contribution is 0.138. The van der Waals surface area contributed by atoms with Crippen LogP contribution in [0.25, 0.3) is 21.5 Å². The van der Waals surface area contributed by atoms with Gasteiger partial charge in [0.15, 0.2) is 5.78 Å². The summed E-state index contributed by atoms with van der Waals surface area (Å²) in [5.74, 6) is -0.848. The van der Waals surface area contributed by atoms with Gasteiger partial charge in [-0.2, -0.15) is 0 Å². The molecule has 0 saturated heterocycles. The minimum absolute atomic E-state index is 0.0614. The predicted octanol–water partition coefficient (Wildman–Crippen LogP) is 7.85. The number of hydrogen-bond donors (Lipinski definition) is 2. The average molecular weight is 464 g/mol. The zero-order valence-electron chi connectivity index (χ0n) is 19.4. The first kappa shape index (κ1) is 23.3. The molecule has 0 unspecified atom stereocenters. The first-order valence-corrected chi connectivity index (χ1v) is 12.8. The van der Waals surface area contributed by atoms with Gasteiger partial charge in [0.25, 0.3) is 0 Å².